The predicted octanol–water partition coefficient (Wildman–Crippen LogP) is 2.26. The smallest absolute Gasteiger partial charge is 0.416 e. The molecule has 0 atom stereocenters. The van der Waals surface area contributed by atoms with E-state index in [1.807, 2.05) is 28.0 Å². The molecule has 0 N–H and O–H groups in total. The highest BCUT2D eigenvalue weighted by molar-refractivity contribution is 5.59. The first-order chi connectivity index (χ1) is 13.5. The Morgan fingerprint density at radius 1 is 0.964 bits per heavy atom. The second kappa shape index (κ2) is 7.50. The average Bonchev–Trinajstić information content (AvgIpc) is 3.18. The van der Waals surface area contributed by atoms with Crippen molar-refractivity contribution >= 4 is 5.95 Å². The Balaban J connectivity index is 1.37. The summed E-state index contributed by atoms with van der Waals surface area (Å²) in [7, 11) is 0. The first-order valence-corrected chi connectivity index (χ1v) is 8.59. The van der Waals surface area contributed by atoms with E-state index in [1.165, 1.54) is 0 Å². The maximum atomic E-state index is 12.5. The highest BCUT2D eigenvalue weighted by Crippen LogP contribution is 2.28. The van der Waals surface area contributed by atoms with Crippen LogP contribution in [0.5, 0.6) is 0 Å². The molecule has 146 valence electrons. The summed E-state index contributed by atoms with van der Waals surface area (Å²) < 4.78 is 42.3. The molecule has 1 aliphatic heterocycles. The van der Waals surface area contributed by atoms with Gasteiger partial charge >= 0.3 is 12.1 Å². The van der Waals surface area contributed by atoms with Gasteiger partial charge in [-0.25, -0.2) is 9.97 Å². The van der Waals surface area contributed by atoms with Crippen molar-refractivity contribution in [3.63, 3.8) is 0 Å². The number of hydrogen-bond acceptors (Lipinski definition) is 8. The van der Waals surface area contributed by atoms with Gasteiger partial charge in [0, 0.05) is 50.3 Å². The fourth-order valence-electron chi connectivity index (χ4n) is 2.91. The number of rotatable bonds is 4. The average molecular weight is 391 g/mol. The van der Waals surface area contributed by atoms with Gasteiger partial charge in [-0.3, -0.25) is 9.88 Å². The van der Waals surface area contributed by atoms with Crippen LogP contribution in [0.2, 0.25) is 0 Å². The molecule has 0 aromatic carbocycles. The van der Waals surface area contributed by atoms with Crippen LogP contribution in [0.15, 0.2) is 41.2 Å². The molecule has 1 saturated heterocycles. The molecule has 0 bridgehead atoms. The van der Waals surface area contributed by atoms with E-state index in [4.69, 9.17) is 4.42 Å². The summed E-state index contributed by atoms with van der Waals surface area (Å²) in [6.07, 6.45) is 0.498. The molecule has 0 radical (unpaired) electrons. The summed E-state index contributed by atoms with van der Waals surface area (Å²) in [4.78, 5) is 16.9. The normalized spacial score (nSPS) is 15.8. The van der Waals surface area contributed by atoms with E-state index in [0.717, 1.165) is 11.3 Å². The topological polar surface area (TPSA) is 84.1 Å². The van der Waals surface area contributed by atoms with Crippen LogP contribution in [0.3, 0.4) is 0 Å². The van der Waals surface area contributed by atoms with Gasteiger partial charge < -0.3 is 9.32 Å². The monoisotopic (exact) mass is 391 g/mol. The zero-order chi connectivity index (χ0) is 19.6. The van der Waals surface area contributed by atoms with E-state index in [1.54, 1.807) is 18.6 Å². The molecule has 3 aromatic rings. The fourth-order valence-corrected chi connectivity index (χ4v) is 2.91. The molecule has 3 aromatic heterocycles. The van der Waals surface area contributed by atoms with Crippen molar-refractivity contribution < 1.29 is 17.6 Å². The van der Waals surface area contributed by atoms with E-state index >= 15 is 0 Å². The third kappa shape index (κ3) is 4.09. The standard InChI is InChI=1S/C17H16F3N7O/c18-17(19,20)15-25-24-14(28-15)11-26-7-9-27(10-8-26)16-22-6-3-13(23-16)12-1-4-21-5-2-12/h1-6H,7-11H2. The molecular formula is C17H16F3N7O. The van der Waals surface area contributed by atoms with Gasteiger partial charge in [0.15, 0.2) is 0 Å². The van der Waals surface area contributed by atoms with Crippen molar-refractivity contribution in [2.45, 2.75) is 12.7 Å². The van der Waals surface area contributed by atoms with Gasteiger partial charge in [0.2, 0.25) is 11.8 Å². The summed E-state index contributed by atoms with van der Waals surface area (Å²) in [6.45, 7) is 2.69. The number of nitrogens with zero attached hydrogens (tertiary/aromatic N) is 7. The molecule has 11 heteroatoms. The number of piperazine rings is 1. The summed E-state index contributed by atoms with van der Waals surface area (Å²) in [6, 6.07) is 5.59. The van der Waals surface area contributed by atoms with Crippen molar-refractivity contribution in [1.29, 1.82) is 0 Å². The lowest BCUT2D eigenvalue weighted by Crippen LogP contribution is -2.46. The Morgan fingerprint density at radius 2 is 1.71 bits per heavy atom. The van der Waals surface area contributed by atoms with Crippen LogP contribution in [0.1, 0.15) is 11.8 Å². The van der Waals surface area contributed by atoms with Crippen molar-refractivity contribution in [3.05, 3.63) is 48.6 Å². The summed E-state index contributed by atoms with van der Waals surface area (Å²) in [5.41, 5.74) is 1.76. The molecule has 0 unspecified atom stereocenters. The van der Waals surface area contributed by atoms with E-state index in [2.05, 4.69) is 25.1 Å². The van der Waals surface area contributed by atoms with Crippen molar-refractivity contribution in [2.24, 2.45) is 0 Å². The quantitative estimate of drug-likeness (QED) is 0.670. The van der Waals surface area contributed by atoms with E-state index in [9.17, 15) is 13.2 Å². The number of hydrogen-bond donors (Lipinski definition) is 0. The van der Waals surface area contributed by atoms with Crippen LogP contribution < -0.4 is 4.90 Å². The van der Waals surface area contributed by atoms with Crippen molar-refractivity contribution in [1.82, 2.24) is 30.0 Å². The lowest BCUT2D eigenvalue weighted by Gasteiger charge is -2.34. The number of alkyl halides is 3. The summed E-state index contributed by atoms with van der Waals surface area (Å²) in [5.74, 6) is -0.745. The lowest BCUT2D eigenvalue weighted by atomic mass is 10.2. The minimum absolute atomic E-state index is 0.0447. The molecule has 0 spiro atoms. The Bertz CT molecular complexity index is 924. The number of aromatic nitrogens is 5. The fraction of sp³-hybridized carbons (Fsp3) is 0.353. The van der Waals surface area contributed by atoms with Gasteiger partial charge in [0.1, 0.15) is 0 Å². The molecule has 28 heavy (non-hydrogen) atoms. The molecule has 1 fully saturated rings. The first kappa shape index (κ1) is 18.3. The maximum absolute atomic E-state index is 12.5. The minimum atomic E-state index is -4.62. The zero-order valence-electron chi connectivity index (χ0n) is 14.7. The van der Waals surface area contributed by atoms with Gasteiger partial charge in [-0.2, -0.15) is 13.2 Å². The minimum Gasteiger partial charge on any atom is -0.416 e. The molecule has 1 aliphatic rings. The Hall–Kier alpha value is -3.08. The summed E-state index contributed by atoms with van der Waals surface area (Å²) in [5, 5.41) is 6.53. The van der Waals surface area contributed by atoms with E-state index in [-0.39, 0.29) is 12.4 Å². The van der Waals surface area contributed by atoms with E-state index < -0.39 is 12.1 Å². The van der Waals surface area contributed by atoms with Crippen molar-refractivity contribution in [2.75, 3.05) is 31.1 Å². The molecule has 0 amide bonds. The van der Waals surface area contributed by atoms with Crippen LogP contribution in [0, 0.1) is 0 Å². The van der Waals surface area contributed by atoms with Crippen LogP contribution >= 0.6 is 0 Å². The summed E-state index contributed by atoms with van der Waals surface area (Å²) >= 11 is 0. The SMILES string of the molecule is FC(F)(F)c1nnc(CN2CCN(c3nccc(-c4ccncc4)n3)CC2)o1. The highest BCUT2D eigenvalue weighted by Gasteiger charge is 2.38. The van der Waals surface area contributed by atoms with Crippen LogP contribution in [0.25, 0.3) is 11.3 Å². The second-order valence-electron chi connectivity index (χ2n) is 6.24. The third-order valence-electron chi connectivity index (χ3n) is 4.34. The zero-order valence-corrected chi connectivity index (χ0v) is 14.7. The first-order valence-electron chi connectivity index (χ1n) is 8.59. The highest BCUT2D eigenvalue weighted by atomic mass is 19.4. The second-order valence-corrected chi connectivity index (χ2v) is 6.24. The number of halogens is 3. The van der Waals surface area contributed by atoms with Gasteiger partial charge in [0.05, 0.1) is 12.2 Å². The number of pyridine rings is 1. The predicted molar refractivity (Wildman–Crippen MR) is 92.1 cm³/mol. The molecular weight excluding hydrogens is 375 g/mol. The molecule has 0 aliphatic carbocycles. The van der Waals surface area contributed by atoms with Gasteiger partial charge in [-0.15, -0.1) is 10.2 Å². The molecule has 0 saturated carbocycles. The Kier molecular flexibility index (Phi) is 4.90. The number of anilines is 1. The van der Waals surface area contributed by atoms with Gasteiger partial charge in [-0.05, 0) is 18.2 Å². The van der Waals surface area contributed by atoms with Crippen LogP contribution in [-0.4, -0.2) is 56.2 Å². The molecule has 4 rings (SSSR count). The molecule has 4 heterocycles. The Labute approximate surface area is 158 Å². The Morgan fingerprint density at radius 3 is 2.39 bits per heavy atom. The third-order valence-corrected chi connectivity index (χ3v) is 4.34. The molecule has 8 nitrogen and oxygen atoms in total. The largest absolute Gasteiger partial charge is 0.470 e. The van der Waals surface area contributed by atoms with Crippen LogP contribution in [-0.2, 0) is 12.7 Å². The van der Waals surface area contributed by atoms with Crippen LogP contribution in [0.4, 0.5) is 19.1 Å². The van der Waals surface area contributed by atoms with Crippen molar-refractivity contribution in [3.8, 4) is 11.3 Å². The van der Waals surface area contributed by atoms with Gasteiger partial charge in [-0.1, -0.05) is 0 Å². The lowest BCUT2D eigenvalue weighted by molar-refractivity contribution is -0.157. The maximum Gasteiger partial charge on any atom is 0.470 e. The van der Waals surface area contributed by atoms with E-state index in [0.29, 0.717) is 32.1 Å². The van der Waals surface area contributed by atoms with Gasteiger partial charge in [0.25, 0.3) is 0 Å².